The van der Waals surface area contributed by atoms with Gasteiger partial charge in [-0.2, -0.15) is 0 Å². The Balaban J connectivity index is 2.55. The van der Waals surface area contributed by atoms with Gasteiger partial charge in [-0.3, -0.25) is 9.97 Å². The zero-order valence-electron chi connectivity index (χ0n) is 8.66. The predicted octanol–water partition coefficient (Wildman–Crippen LogP) is 1.36. The number of aryl methyl sites for hydroxylation is 1. The minimum Gasteiger partial charge on any atom is -0.258 e. The number of hydrogen-bond donors (Lipinski definition) is 0. The summed E-state index contributed by atoms with van der Waals surface area (Å²) < 4.78 is 0. The standard InChI is InChI=1S/C11H10BClN2/c1-7-11(15-5-4-14-7)8-2-3-9(12)10(13)6-8/h2-6H,12H2,1H3. The van der Waals surface area contributed by atoms with Gasteiger partial charge in [0, 0.05) is 23.0 Å². The Labute approximate surface area is 94.7 Å². The Kier molecular flexibility index (Phi) is 2.74. The third-order valence-electron chi connectivity index (χ3n) is 2.33. The quantitative estimate of drug-likeness (QED) is 0.673. The molecule has 1 aromatic carbocycles. The second kappa shape index (κ2) is 4.03. The largest absolute Gasteiger partial charge is 0.258 e. The molecule has 74 valence electrons. The number of hydrogen-bond acceptors (Lipinski definition) is 2. The van der Waals surface area contributed by atoms with E-state index in [1.54, 1.807) is 12.4 Å². The summed E-state index contributed by atoms with van der Waals surface area (Å²) in [5.74, 6) is 0. The molecule has 2 nitrogen and oxygen atoms in total. The maximum absolute atomic E-state index is 6.07. The maximum atomic E-state index is 6.07. The van der Waals surface area contributed by atoms with Gasteiger partial charge in [0.2, 0.25) is 0 Å². The van der Waals surface area contributed by atoms with Crippen LogP contribution in [0.25, 0.3) is 11.3 Å². The van der Waals surface area contributed by atoms with Gasteiger partial charge < -0.3 is 0 Å². The van der Waals surface area contributed by atoms with Crippen molar-refractivity contribution in [1.29, 1.82) is 0 Å². The van der Waals surface area contributed by atoms with Crippen LogP contribution in [0.15, 0.2) is 30.6 Å². The van der Waals surface area contributed by atoms with Gasteiger partial charge in [0.15, 0.2) is 0 Å². The summed E-state index contributed by atoms with van der Waals surface area (Å²) in [7, 11) is 1.98. The average molecular weight is 216 g/mol. The van der Waals surface area contributed by atoms with Crippen molar-refractivity contribution >= 4 is 24.9 Å². The van der Waals surface area contributed by atoms with Crippen LogP contribution < -0.4 is 5.46 Å². The van der Waals surface area contributed by atoms with Gasteiger partial charge in [0.1, 0.15) is 7.85 Å². The van der Waals surface area contributed by atoms with Crippen LogP contribution in [0.4, 0.5) is 0 Å². The van der Waals surface area contributed by atoms with Gasteiger partial charge in [-0.1, -0.05) is 29.2 Å². The van der Waals surface area contributed by atoms with Gasteiger partial charge in [-0.05, 0) is 13.0 Å². The van der Waals surface area contributed by atoms with Crippen molar-refractivity contribution in [1.82, 2.24) is 9.97 Å². The van der Waals surface area contributed by atoms with E-state index in [4.69, 9.17) is 11.6 Å². The van der Waals surface area contributed by atoms with Crippen LogP contribution >= 0.6 is 11.6 Å². The molecule has 15 heavy (non-hydrogen) atoms. The topological polar surface area (TPSA) is 25.8 Å². The highest BCUT2D eigenvalue weighted by molar-refractivity contribution is 6.45. The average Bonchev–Trinajstić information content (AvgIpc) is 2.23. The van der Waals surface area contributed by atoms with E-state index in [0.717, 1.165) is 27.4 Å². The third kappa shape index (κ3) is 2.02. The van der Waals surface area contributed by atoms with Gasteiger partial charge in [-0.25, -0.2) is 0 Å². The molecule has 0 radical (unpaired) electrons. The Morgan fingerprint density at radius 1 is 1.20 bits per heavy atom. The van der Waals surface area contributed by atoms with Crippen molar-refractivity contribution < 1.29 is 0 Å². The van der Waals surface area contributed by atoms with Crippen LogP contribution in [0.2, 0.25) is 5.02 Å². The summed E-state index contributed by atoms with van der Waals surface area (Å²) in [5, 5.41) is 0.762. The first kappa shape index (κ1) is 10.2. The van der Waals surface area contributed by atoms with Gasteiger partial charge in [0.25, 0.3) is 0 Å². The molecular formula is C11H10BClN2. The molecule has 0 amide bonds. The molecule has 0 atom stereocenters. The molecular weight excluding hydrogens is 206 g/mol. The molecule has 0 bridgehead atoms. The Morgan fingerprint density at radius 3 is 2.60 bits per heavy atom. The minimum absolute atomic E-state index is 0.762. The molecule has 0 saturated heterocycles. The zero-order valence-corrected chi connectivity index (χ0v) is 9.42. The maximum Gasteiger partial charge on any atom is 0.141 e. The van der Waals surface area contributed by atoms with Crippen LogP contribution in [-0.2, 0) is 0 Å². The lowest BCUT2D eigenvalue weighted by molar-refractivity contribution is 1.12. The number of benzene rings is 1. The SMILES string of the molecule is Bc1ccc(-c2nccnc2C)cc1Cl. The second-order valence-electron chi connectivity index (χ2n) is 3.45. The van der Waals surface area contributed by atoms with Crippen molar-refractivity contribution in [3.8, 4) is 11.3 Å². The van der Waals surface area contributed by atoms with Crippen LogP contribution in [0.3, 0.4) is 0 Å². The van der Waals surface area contributed by atoms with Crippen molar-refractivity contribution in [2.24, 2.45) is 0 Å². The Morgan fingerprint density at radius 2 is 1.93 bits per heavy atom. The smallest absolute Gasteiger partial charge is 0.141 e. The highest BCUT2D eigenvalue weighted by Gasteiger charge is 2.05. The summed E-state index contributed by atoms with van der Waals surface area (Å²) in [6.07, 6.45) is 3.38. The van der Waals surface area contributed by atoms with E-state index in [-0.39, 0.29) is 0 Å². The number of halogens is 1. The van der Waals surface area contributed by atoms with Gasteiger partial charge in [0.05, 0.1) is 11.4 Å². The molecule has 1 heterocycles. The highest BCUT2D eigenvalue weighted by Crippen LogP contribution is 2.20. The van der Waals surface area contributed by atoms with E-state index in [0.29, 0.717) is 0 Å². The predicted molar refractivity (Wildman–Crippen MR) is 65.4 cm³/mol. The monoisotopic (exact) mass is 216 g/mol. The molecule has 2 rings (SSSR count). The highest BCUT2D eigenvalue weighted by atomic mass is 35.5. The van der Waals surface area contributed by atoms with Crippen LogP contribution in [0, 0.1) is 6.92 Å². The lowest BCUT2D eigenvalue weighted by Gasteiger charge is -2.05. The van der Waals surface area contributed by atoms with Crippen molar-refractivity contribution in [3.05, 3.63) is 41.3 Å². The van der Waals surface area contributed by atoms with E-state index in [1.165, 1.54) is 0 Å². The summed E-state index contributed by atoms with van der Waals surface area (Å²) >= 11 is 6.07. The number of aromatic nitrogens is 2. The van der Waals surface area contributed by atoms with Crippen molar-refractivity contribution in [2.75, 3.05) is 0 Å². The van der Waals surface area contributed by atoms with E-state index < -0.39 is 0 Å². The molecule has 0 spiro atoms. The van der Waals surface area contributed by atoms with E-state index in [9.17, 15) is 0 Å². The fraction of sp³-hybridized carbons (Fsp3) is 0.0909. The molecule has 0 fully saturated rings. The molecule has 0 aliphatic rings. The summed E-state index contributed by atoms with van der Waals surface area (Å²) in [6, 6.07) is 5.93. The zero-order chi connectivity index (χ0) is 10.8. The van der Waals surface area contributed by atoms with Gasteiger partial charge in [-0.15, -0.1) is 0 Å². The fourth-order valence-electron chi connectivity index (χ4n) is 1.43. The lowest BCUT2D eigenvalue weighted by Crippen LogP contribution is -2.03. The molecule has 0 aliphatic heterocycles. The van der Waals surface area contributed by atoms with Crippen molar-refractivity contribution in [2.45, 2.75) is 6.92 Å². The molecule has 2 aromatic rings. The first-order valence-corrected chi connectivity index (χ1v) is 5.10. The van der Waals surface area contributed by atoms with Crippen molar-refractivity contribution in [3.63, 3.8) is 0 Å². The van der Waals surface area contributed by atoms with Crippen LogP contribution in [0.5, 0.6) is 0 Å². The normalized spacial score (nSPS) is 10.3. The second-order valence-corrected chi connectivity index (χ2v) is 3.86. The molecule has 0 N–H and O–H groups in total. The molecule has 1 aromatic heterocycles. The third-order valence-corrected chi connectivity index (χ3v) is 2.73. The summed E-state index contributed by atoms with van der Waals surface area (Å²) in [4.78, 5) is 8.50. The van der Waals surface area contributed by atoms with Crippen LogP contribution in [-0.4, -0.2) is 17.8 Å². The fourth-order valence-corrected chi connectivity index (χ4v) is 1.61. The van der Waals surface area contributed by atoms with E-state index >= 15 is 0 Å². The number of nitrogens with zero attached hydrogens (tertiary/aromatic N) is 2. The summed E-state index contributed by atoms with van der Waals surface area (Å²) in [6.45, 7) is 1.94. The first-order chi connectivity index (χ1) is 7.18. The Bertz CT molecular complexity index is 500. The summed E-state index contributed by atoms with van der Waals surface area (Å²) in [5.41, 5.74) is 3.88. The number of rotatable bonds is 1. The molecule has 0 aliphatic carbocycles. The van der Waals surface area contributed by atoms with E-state index in [2.05, 4.69) is 9.97 Å². The van der Waals surface area contributed by atoms with E-state index in [1.807, 2.05) is 33.0 Å². The van der Waals surface area contributed by atoms with Crippen LogP contribution in [0.1, 0.15) is 5.69 Å². The lowest BCUT2D eigenvalue weighted by atomic mass is 9.94. The first-order valence-electron chi connectivity index (χ1n) is 4.72. The molecule has 0 saturated carbocycles. The Hall–Kier alpha value is -1.35. The minimum atomic E-state index is 0.762. The van der Waals surface area contributed by atoms with Gasteiger partial charge >= 0.3 is 0 Å². The molecule has 4 heteroatoms. The molecule has 0 unspecified atom stereocenters.